The summed E-state index contributed by atoms with van der Waals surface area (Å²) in [6.07, 6.45) is 1.90. The van der Waals surface area contributed by atoms with Gasteiger partial charge in [-0.25, -0.2) is 4.39 Å². The standard InChI is InChI=1S/C15H15ClFNO/c1-2-10-4-3-7-18-15(10)14(19)9-11-8-12(17)5-6-13(11)16/h3-8,14,19H,2,9H2,1H3. The van der Waals surface area contributed by atoms with Gasteiger partial charge in [0.05, 0.1) is 5.69 Å². The van der Waals surface area contributed by atoms with E-state index >= 15 is 0 Å². The van der Waals surface area contributed by atoms with Crippen molar-refractivity contribution in [1.82, 2.24) is 4.98 Å². The molecule has 2 rings (SSSR count). The molecule has 0 fully saturated rings. The molecule has 0 bridgehead atoms. The van der Waals surface area contributed by atoms with Crippen LogP contribution in [0.4, 0.5) is 4.39 Å². The van der Waals surface area contributed by atoms with E-state index in [1.54, 1.807) is 6.20 Å². The Bertz CT molecular complexity index is 574. The minimum absolute atomic E-state index is 0.251. The number of halogens is 2. The van der Waals surface area contributed by atoms with Crippen LogP contribution in [0.15, 0.2) is 36.5 Å². The van der Waals surface area contributed by atoms with Gasteiger partial charge in [-0.15, -0.1) is 0 Å². The normalized spacial score (nSPS) is 12.4. The van der Waals surface area contributed by atoms with Gasteiger partial charge in [0, 0.05) is 17.6 Å². The number of benzene rings is 1. The van der Waals surface area contributed by atoms with Gasteiger partial charge in [0.1, 0.15) is 11.9 Å². The van der Waals surface area contributed by atoms with Crippen LogP contribution >= 0.6 is 11.6 Å². The minimum atomic E-state index is -0.782. The van der Waals surface area contributed by atoms with Gasteiger partial charge < -0.3 is 5.11 Å². The summed E-state index contributed by atoms with van der Waals surface area (Å²) in [6.45, 7) is 2.00. The first-order valence-corrected chi connectivity index (χ1v) is 6.55. The molecule has 1 N–H and O–H groups in total. The Hall–Kier alpha value is -1.45. The molecule has 1 aromatic heterocycles. The highest BCUT2D eigenvalue weighted by Gasteiger charge is 2.15. The summed E-state index contributed by atoms with van der Waals surface area (Å²) in [7, 11) is 0. The van der Waals surface area contributed by atoms with Crippen molar-refractivity contribution in [2.75, 3.05) is 0 Å². The number of nitrogens with zero attached hydrogens (tertiary/aromatic N) is 1. The lowest BCUT2D eigenvalue weighted by Gasteiger charge is -2.14. The highest BCUT2D eigenvalue weighted by atomic mass is 35.5. The molecule has 0 aliphatic rings. The third kappa shape index (κ3) is 3.31. The Morgan fingerprint density at radius 2 is 2.11 bits per heavy atom. The topological polar surface area (TPSA) is 33.1 Å². The van der Waals surface area contributed by atoms with Crippen LogP contribution in [-0.4, -0.2) is 10.1 Å². The summed E-state index contributed by atoms with van der Waals surface area (Å²) < 4.78 is 13.2. The zero-order chi connectivity index (χ0) is 13.8. The van der Waals surface area contributed by atoms with Crippen LogP contribution in [0.1, 0.15) is 29.8 Å². The number of hydrogen-bond acceptors (Lipinski definition) is 2. The maximum Gasteiger partial charge on any atom is 0.123 e. The molecule has 19 heavy (non-hydrogen) atoms. The molecule has 0 saturated heterocycles. The van der Waals surface area contributed by atoms with E-state index in [0.717, 1.165) is 12.0 Å². The fourth-order valence-corrected chi connectivity index (χ4v) is 2.25. The van der Waals surface area contributed by atoms with Crippen molar-refractivity contribution in [2.45, 2.75) is 25.9 Å². The molecular weight excluding hydrogens is 265 g/mol. The lowest BCUT2D eigenvalue weighted by atomic mass is 10.0. The second-order valence-corrected chi connectivity index (χ2v) is 4.76. The Labute approximate surface area is 116 Å². The first-order valence-electron chi connectivity index (χ1n) is 6.17. The van der Waals surface area contributed by atoms with Gasteiger partial charge in [-0.2, -0.15) is 0 Å². The number of aromatic nitrogens is 1. The molecule has 0 aliphatic heterocycles. The number of aliphatic hydroxyl groups is 1. The maximum atomic E-state index is 13.2. The van der Waals surface area contributed by atoms with E-state index in [0.29, 0.717) is 16.3 Å². The van der Waals surface area contributed by atoms with Gasteiger partial charge in [-0.05, 0) is 41.8 Å². The van der Waals surface area contributed by atoms with E-state index in [9.17, 15) is 9.50 Å². The molecule has 4 heteroatoms. The van der Waals surface area contributed by atoms with Gasteiger partial charge in [0.15, 0.2) is 0 Å². The number of rotatable bonds is 4. The molecule has 0 spiro atoms. The van der Waals surface area contributed by atoms with Crippen molar-refractivity contribution in [1.29, 1.82) is 0 Å². The Morgan fingerprint density at radius 3 is 2.84 bits per heavy atom. The summed E-state index contributed by atoms with van der Waals surface area (Å²) in [4.78, 5) is 4.21. The zero-order valence-corrected chi connectivity index (χ0v) is 11.4. The summed E-state index contributed by atoms with van der Waals surface area (Å²) >= 11 is 6.00. The molecule has 2 nitrogen and oxygen atoms in total. The van der Waals surface area contributed by atoms with Crippen molar-refractivity contribution >= 4 is 11.6 Å². The molecule has 100 valence electrons. The van der Waals surface area contributed by atoms with Gasteiger partial charge in [-0.1, -0.05) is 24.6 Å². The molecule has 1 unspecified atom stereocenters. The minimum Gasteiger partial charge on any atom is -0.386 e. The van der Waals surface area contributed by atoms with Gasteiger partial charge in [0.25, 0.3) is 0 Å². The summed E-state index contributed by atoms with van der Waals surface area (Å²) in [5.41, 5.74) is 2.20. The summed E-state index contributed by atoms with van der Waals surface area (Å²) in [6, 6.07) is 7.91. The van der Waals surface area contributed by atoms with E-state index in [1.807, 2.05) is 19.1 Å². The predicted octanol–water partition coefficient (Wildman–Crippen LogP) is 3.71. The number of pyridine rings is 1. The third-order valence-corrected chi connectivity index (χ3v) is 3.41. The highest BCUT2D eigenvalue weighted by Crippen LogP contribution is 2.25. The first-order chi connectivity index (χ1) is 9.11. The lowest BCUT2D eigenvalue weighted by molar-refractivity contribution is 0.172. The fourth-order valence-electron chi connectivity index (χ4n) is 2.05. The van der Waals surface area contributed by atoms with Crippen LogP contribution < -0.4 is 0 Å². The van der Waals surface area contributed by atoms with Crippen LogP contribution in [-0.2, 0) is 12.8 Å². The predicted molar refractivity (Wildman–Crippen MR) is 73.7 cm³/mol. The molecular formula is C15H15ClFNO. The van der Waals surface area contributed by atoms with Crippen molar-refractivity contribution in [3.63, 3.8) is 0 Å². The van der Waals surface area contributed by atoms with E-state index in [4.69, 9.17) is 11.6 Å². The number of aliphatic hydroxyl groups excluding tert-OH is 1. The van der Waals surface area contributed by atoms with Crippen LogP contribution in [0, 0.1) is 5.82 Å². The Morgan fingerprint density at radius 1 is 1.32 bits per heavy atom. The van der Waals surface area contributed by atoms with Gasteiger partial charge in [-0.3, -0.25) is 4.98 Å². The third-order valence-electron chi connectivity index (χ3n) is 3.04. The van der Waals surface area contributed by atoms with E-state index in [1.165, 1.54) is 18.2 Å². The largest absolute Gasteiger partial charge is 0.386 e. The van der Waals surface area contributed by atoms with Crippen LogP contribution in [0.25, 0.3) is 0 Å². The smallest absolute Gasteiger partial charge is 0.123 e. The summed E-state index contributed by atoms with van der Waals surface area (Å²) in [5, 5.41) is 10.7. The number of aryl methyl sites for hydroxylation is 1. The average Bonchev–Trinajstić information content (AvgIpc) is 2.42. The quantitative estimate of drug-likeness (QED) is 0.925. The molecule has 1 heterocycles. The molecule has 0 radical (unpaired) electrons. The van der Waals surface area contributed by atoms with Crippen molar-refractivity contribution in [3.8, 4) is 0 Å². The van der Waals surface area contributed by atoms with Crippen LogP contribution in [0.3, 0.4) is 0 Å². The Balaban J connectivity index is 2.25. The molecule has 0 saturated carbocycles. The SMILES string of the molecule is CCc1cccnc1C(O)Cc1cc(F)ccc1Cl. The first kappa shape index (κ1) is 14.0. The molecule has 1 aromatic carbocycles. The van der Waals surface area contributed by atoms with Crippen molar-refractivity contribution in [3.05, 3.63) is 64.2 Å². The molecule has 0 amide bonds. The zero-order valence-electron chi connectivity index (χ0n) is 10.6. The fraction of sp³-hybridized carbons (Fsp3) is 0.267. The molecule has 1 atom stereocenters. The monoisotopic (exact) mass is 279 g/mol. The van der Waals surface area contributed by atoms with E-state index in [-0.39, 0.29) is 12.2 Å². The average molecular weight is 280 g/mol. The van der Waals surface area contributed by atoms with Gasteiger partial charge >= 0.3 is 0 Å². The van der Waals surface area contributed by atoms with Crippen molar-refractivity contribution < 1.29 is 9.50 Å². The number of hydrogen-bond donors (Lipinski definition) is 1. The summed E-state index contributed by atoms with van der Waals surface area (Å²) in [5.74, 6) is -0.358. The highest BCUT2D eigenvalue weighted by molar-refractivity contribution is 6.31. The Kier molecular flexibility index (Phi) is 4.51. The van der Waals surface area contributed by atoms with Crippen LogP contribution in [0.5, 0.6) is 0 Å². The van der Waals surface area contributed by atoms with Crippen molar-refractivity contribution in [2.24, 2.45) is 0 Å². The maximum absolute atomic E-state index is 13.2. The van der Waals surface area contributed by atoms with Gasteiger partial charge in [0.2, 0.25) is 0 Å². The second kappa shape index (κ2) is 6.13. The second-order valence-electron chi connectivity index (χ2n) is 4.36. The van der Waals surface area contributed by atoms with Crippen LogP contribution in [0.2, 0.25) is 5.02 Å². The van der Waals surface area contributed by atoms with E-state index in [2.05, 4.69) is 4.98 Å². The molecule has 2 aromatic rings. The van der Waals surface area contributed by atoms with E-state index < -0.39 is 6.10 Å². The lowest BCUT2D eigenvalue weighted by Crippen LogP contribution is -2.08. The molecule has 0 aliphatic carbocycles.